The van der Waals surface area contributed by atoms with E-state index in [-0.39, 0.29) is 17.7 Å². The van der Waals surface area contributed by atoms with Gasteiger partial charge in [0.25, 0.3) is 0 Å². The largest absolute Gasteiger partial charge is 0.455 e. The Morgan fingerprint density at radius 2 is 1.17 bits per heavy atom. The molecule has 5 heteroatoms. The molecule has 5 heterocycles. The Kier molecular flexibility index (Phi) is 7.47. The lowest BCUT2D eigenvalue weighted by Crippen LogP contribution is -2.62. The Labute approximate surface area is 384 Å². The van der Waals surface area contributed by atoms with Gasteiger partial charge in [-0.1, -0.05) is 167 Å². The molecule has 10 aromatic rings. The van der Waals surface area contributed by atoms with Gasteiger partial charge in [-0.25, -0.2) is 0 Å². The molecule has 0 saturated carbocycles. The summed E-state index contributed by atoms with van der Waals surface area (Å²) >= 11 is 1.96. The molecular weight excluding hydrogens is 808 g/mol. The summed E-state index contributed by atoms with van der Waals surface area (Å²) in [6.07, 6.45) is 2.34. The summed E-state index contributed by atoms with van der Waals surface area (Å²) < 4.78 is 9.86. The molecule has 0 fully saturated rings. The van der Waals surface area contributed by atoms with Crippen molar-refractivity contribution >= 4 is 88.9 Å². The van der Waals surface area contributed by atoms with Gasteiger partial charge in [-0.05, 0) is 105 Å². The molecule has 3 nitrogen and oxygen atoms in total. The van der Waals surface area contributed by atoms with Crippen molar-refractivity contribution in [2.75, 3.05) is 9.71 Å². The number of rotatable bonds is 3. The van der Waals surface area contributed by atoms with Crippen LogP contribution in [0.4, 0.5) is 28.4 Å². The third kappa shape index (κ3) is 4.76. The van der Waals surface area contributed by atoms with Gasteiger partial charge in [0.1, 0.15) is 11.2 Å². The predicted octanol–water partition coefficient (Wildman–Crippen LogP) is 14.9. The van der Waals surface area contributed by atoms with Crippen molar-refractivity contribution in [2.45, 2.75) is 63.7 Å². The summed E-state index contributed by atoms with van der Waals surface area (Å²) in [5.74, 6) is 0. The summed E-state index contributed by atoms with van der Waals surface area (Å²) in [6.45, 7) is 12.0. The Hall–Kier alpha value is -6.82. The molecule has 0 unspecified atom stereocenters. The second-order valence-corrected chi connectivity index (χ2v) is 21.3. The number of hydrogen-bond acceptors (Lipinski definition) is 4. The molecule has 0 radical (unpaired) electrons. The highest BCUT2D eigenvalue weighted by molar-refractivity contribution is 7.32. The molecule has 0 bridgehead atoms. The lowest BCUT2D eigenvalue weighted by atomic mass is 9.44. The minimum absolute atomic E-state index is 0.0478. The maximum Gasteiger partial charge on any atom is 0.343 e. The average molecular weight is 855 g/mol. The lowest BCUT2D eigenvalue weighted by molar-refractivity contribution is 0.332. The van der Waals surface area contributed by atoms with Gasteiger partial charge in [0.15, 0.2) is 0 Å². The molecule has 8 aromatic carbocycles. The number of aryl methyl sites for hydroxylation is 1. The third-order valence-electron chi connectivity index (χ3n) is 15.9. The van der Waals surface area contributed by atoms with Crippen LogP contribution >= 0.6 is 11.3 Å². The minimum Gasteiger partial charge on any atom is -0.455 e. The maximum absolute atomic E-state index is 7.20. The Morgan fingerprint density at radius 1 is 0.538 bits per heavy atom. The summed E-state index contributed by atoms with van der Waals surface area (Å²) in [6, 6.07) is 64.1. The molecule has 0 spiro atoms. The van der Waals surface area contributed by atoms with Crippen LogP contribution < -0.4 is 20.0 Å². The molecule has 3 aliphatic heterocycles. The second-order valence-electron chi connectivity index (χ2n) is 20.2. The SMILES string of the molecule is Cc1cc2c(cc1N1c3cc4c(oc5ccccc54)c4c3B(c3sc5ccccc5c31)N1c3ccccc3C(c3ccccc3)(c3ccccc3)c3cccc-4c31)C(C)(C)CCC2(C)C. The van der Waals surface area contributed by atoms with E-state index in [1.807, 2.05) is 11.3 Å². The van der Waals surface area contributed by atoms with Crippen LogP contribution in [0.25, 0.3) is 43.2 Å². The van der Waals surface area contributed by atoms with Crippen molar-refractivity contribution in [3.05, 3.63) is 209 Å². The number of anilines is 5. The zero-order valence-electron chi connectivity index (χ0n) is 37.4. The summed E-state index contributed by atoms with van der Waals surface area (Å²) in [5.41, 5.74) is 20.8. The van der Waals surface area contributed by atoms with Crippen molar-refractivity contribution in [3.63, 3.8) is 0 Å². The number of nitrogens with zero attached hydrogens (tertiary/aromatic N) is 2. The first-order valence-electron chi connectivity index (χ1n) is 23.3. The van der Waals surface area contributed by atoms with Crippen LogP contribution in [0.15, 0.2) is 174 Å². The van der Waals surface area contributed by atoms with Crippen molar-refractivity contribution in [1.29, 1.82) is 0 Å². The predicted molar refractivity (Wildman–Crippen MR) is 275 cm³/mol. The van der Waals surface area contributed by atoms with Crippen molar-refractivity contribution in [1.82, 2.24) is 0 Å². The fourth-order valence-corrected chi connectivity index (χ4v) is 14.1. The van der Waals surface area contributed by atoms with Crippen LogP contribution in [0.3, 0.4) is 0 Å². The molecule has 0 atom stereocenters. The van der Waals surface area contributed by atoms with Crippen molar-refractivity contribution in [2.24, 2.45) is 0 Å². The zero-order chi connectivity index (χ0) is 43.6. The summed E-state index contributed by atoms with van der Waals surface area (Å²) in [4.78, 5) is 5.42. The second kappa shape index (κ2) is 12.9. The van der Waals surface area contributed by atoms with Gasteiger partial charge in [-0.3, -0.25) is 0 Å². The molecule has 312 valence electrons. The van der Waals surface area contributed by atoms with E-state index in [9.17, 15) is 0 Å². The average Bonchev–Trinajstić information content (AvgIpc) is 3.91. The van der Waals surface area contributed by atoms with E-state index in [1.165, 1.54) is 105 Å². The van der Waals surface area contributed by atoms with Crippen LogP contribution in [0.1, 0.15) is 79.5 Å². The lowest BCUT2D eigenvalue weighted by Gasteiger charge is -2.52. The molecule has 1 aliphatic carbocycles. The number of hydrogen-bond donors (Lipinski definition) is 0. The van der Waals surface area contributed by atoms with Crippen LogP contribution in [0.5, 0.6) is 0 Å². The zero-order valence-corrected chi connectivity index (χ0v) is 38.2. The van der Waals surface area contributed by atoms with Gasteiger partial charge >= 0.3 is 6.85 Å². The monoisotopic (exact) mass is 854 g/mol. The molecule has 0 amide bonds. The van der Waals surface area contributed by atoms with E-state index in [2.05, 4.69) is 214 Å². The molecule has 0 N–H and O–H groups in total. The highest BCUT2D eigenvalue weighted by atomic mass is 32.1. The van der Waals surface area contributed by atoms with Gasteiger partial charge in [-0.15, -0.1) is 11.3 Å². The topological polar surface area (TPSA) is 19.6 Å². The van der Waals surface area contributed by atoms with Gasteiger partial charge in [0, 0.05) is 59.5 Å². The number of benzene rings is 8. The van der Waals surface area contributed by atoms with Gasteiger partial charge in [0.05, 0.1) is 11.1 Å². The van der Waals surface area contributed by atoms with E-state index in [0.29, 0.717) is 0 Å². The Bertz CT molecular complexity index is 3620. The summed E-state index contributed by atoms with van der Waals surface area (Å²) in [7, 11) is 0. The third-order valence-corrected chi connectivity index (χ3v) is 17.1. The van der Waals surface area contributed by atoms with E-state index in [4.69, 9.17) is 4.42 Å². The van der Waals surface area contributed by atoms with E-state index < -0.39 is 5.41 Å². The maximum atomic E-state index is 7.20. The van der Waals surface area contributed by atoms with Crippen LogP contribution in [0, 0.1) is 6.92 Å². The molecule has 65 heavy (non-hydrogen) atoms. The smallest absolute Gasteiger partial charge is 0.343 e. The number of para-hydroxylation sites is 3. The molecule has 2 aromatic heterocycles. The normalized spacial score (nSPS) is 16.8. The highest BCUT2D eigenvalue weighted by Gasteiger charge is 2.55. The van der Waals surface area contributed by atoms with Gasteiger partial charge in [0.2, 0.25) is 0 Å². The number of furan rings is 1. The fraction of sp³-hybridized carbons (Fsp3) is 0.167. The first kappa shape index (κ1) is 37.5. The summed E-state index contributed by atoms with van der Waals surface area (Å²) in [5, 5.41) is 3.59. The Balaban J connectivity index is 1.18. The van der Waals surface area contributed by atoms with Gasteiger partial charge in [-0.2, -0.15) is 0 Å². The number of fused-ring (bicyclic) bond motifs is 13. The number of thiophene rings is 1. The molecule has 0 saturated heterocycles. The quantitative estimate of drug-likeness (QED) is 0.165. The highest BCUT2D eigenvalue weighted by Crippen LogP contribution is 2.62. The van der Waals surface area contributed by atoms with E-state index in [0.717, 1.165) is 28.4 Å². The first-order chi connectivity index (χ1) is 31.7. The van der Waals surface area contributed by atoms with Crippen molar-refractivity contribution < 1.29 is 4.42 Å². The molecule has 4 aliphatic rings. The Morgan fingerprint density at radius 3 is 1.92 bits per heavy atom. The van der Waals surface area contributed by atoms with Crippen LogP contribution in [-0.4, -0.2) is 6.85 Å². The van der Waals surface area contributed by atoms with Crippen LogP contribution in [-0.2, 0) is 16.2 Å². The van der Waals surface area contributed by atoms with Gasteiger partial charge < -0.3 is 14.1 Å². The van der Waals surface area contributed by atoms with Crippen molar-refractivity contribution in [3.8, 4) is 11.1 Å². The van der Waals surface area contributed by atoms with Crippen LogP contribution in [0.2, 0.25) is 0 Å². The fourth-order valence-electron chi connectivity index (χ4n) is 12.8. The molecular formula is C60H47BN2OS. The van der Waals surface area contributed by atoms with E-state index in [1.54, 1.807) is 0 Å². The first-order valence-corrected chi connectivity index (χ1v) is 24.1. The standard InChI is InChI=1S/C60H47BN2OS/c1-36-33-45-46(59(4,5)32-31-58(45,2)3)35-48(36)62-49-34-42-39-23-12-16-29-50(39)64-56(42)52-41-25-18-27-44-54(41)63(61(53(49)52)57-55(62)40-24-13-17-30-51(40)65-57)47-28-15-14-26-43(47)60(44,37-19-8-6-9-20-37)38-21-10-7-11-22-38/h6-30,33-35H,31-32H2,1-5H3. The van der Waals surface area contributed by atoms with E-state index >= 15 is 0 Å². The molecule has 14 rings (SSSR count). The minimum atomic E-state index is -0.590.